The molecule has 0 saturated heterocycles. The van der Waals surface area contributed by atoms with Crippen molar-refractivity contribution >= 4 is 23.5 Å². The molecule has 0 amide bonds. The summed E-state index contributed by atoms with van der Waals surface area (Å²) in [5, 5.41) is 16.4. The number of hydrazone groups is 1. The number of nitrogens with one attached hydrogen (secondary N) is 2. The molecule has 7 heteroatoms. The lowest BCUT2D eigenvalue weighted by Crippen LogP contribution is -2.08. The van der Waals surface area contributed by atoms with Gasteiger partial charge in [-0.25, -0.2) is 9.97 Å². The van der Waals surface area contributed by atoms with Gasteiger partial charge in [0, 0.05) is 31.1 Å². The number of aliphatic hydroxyl groups is 1. The summed E-state index contributed by atoms with van der Waals surface area (Å²) in [4.78, 5) is 8.77. The molecule has 7 nitrogen and oxygen atoms in total. The van der Waals surface area contributed by atoms with Crippen LogP contribution >= 0.6 is 0 Å². The third-order valence-corrected chi connectivity index (χ3v) is 3.82. The van der Waals surface area contributed by atoms with Crippen LogP contribution in [0.4, 0.5) is 11.6 Å². The van der Waals surface area contributed by atoms with Gasteiger partial charge in [0.1, 0.15) is 11.5 Å². The molecule has 3 N–H and O–H groups in total. The summed E-state index contributed by atoms with van der Waals surface area (Å²) in [7, 11) is 0. The maximum absolute atomic E-state index is 9.19. The molecular weight excluding hydrogens is 292 g/mol. The number of aliphatic hydroxyl groups excluding tert-OH is 1. The number of anilines is 2. The van der Waals surface area contributed by atoms with Crippen molar-refractivity contribution in [3.8, 4) is 0 Å². The van der Waals surface area contributed by atoms with Gasteiger partial charge in [0.05, 0.1) is 12.8 Å². The van der Waals surface area contributed by atoms with Crippen LogP contribution in [0, 0.1) is 0 Å². The predicted octanol–water partition coefficient (Wildman–Crippen LogP) is 1.64. The molecule has 0 bridgehead atoms. The monoisotopic (exact) mass is 308 g/mol. The third kappa shape index (κ3) is 2.74. The van der Waals surface area contributed by atoms with E-state index in [1.54, 1.807) is 18.3 Å². The minimum atomic E-state index is -0.0112. The van der Waals surface area contributed by atoms with Crippen LogP contribution in [0.25, 0.3) is 5.65 Å². The summed E-state index contributed by atoms with van der Waals surface area (Å²) in [6, 6.07) is 7.64. The van der Waals surface area contributed by atoms with Crippen LogP contribution in [-0.4, -0.2) is 32.2 Å². The molecule has 0 aromatic carbocycles. The second kappa shape index (κ2) is 5.69. The Bertz CT molecular complexity index is 872. The third-order valence-electron chi connectivity index (χ3n) is 3.82. The highest BCUT2D eigenvalue weighted by molar-refractivity contribution is 5.70. The molecule has 1 atom stereocenters. The van der Waals surface area contributed by atoms with Crippen molar-refractivity contribution in [3.63, 3.8) is 0 Å². The van der Waals surface area contributed by atoms with E-state index in [9.17, 15) is 5.11 Å². The van der Waals surface area contributed by atoms with E-state index in [-0.39, 0.29) is 6.61 Å². The first kappa shape index (κ1) is 13.7. The standard InChI is InChI=1S/C16H16N6O/c23-10-11-3-4-17-14(5-11)20-15-9-22-8-12(1-2-16(22)21-15)13-6-18-19-7-13/h1-6,8-9,13,19,23H,7,10H2,(H,17,20). The van der Waals surface area contributed by atoms with Gasteiger partial charge in [-0.3, -0.25) is 0 Å². The number of fused-ring (bicyclic) bond motifs is 1. The summed E-state index contributed by atoms with van der Waals surface area (Å²) in [5.74, 6) is 1.66. The average molecular weight is 308 g/mol. The fraction of sp³-hybridized carbons (Fsp3) is 0.188. The zero-order chi connectivity index (χ0) is 15.6. The zero-order valence-corrected chi connectivity index (χ0v) is 12.3. The number of imidazole rings is 1. The Morgan fingerprint density at radius 2 is 2.22 bits per heavy atom. The molecule has 0 fully saturated rings. The van der Waals surface area contributed by atoms with Gasteiger partial charge in [0.15, 0.2) is 5.82 Å². The van der Waals surface area contributed by atoms with Gasteiger partial charge >= 0.3 is 0 Å². The largest absolute Gasteiger partial charge is 0.392 e. The Morgan fingerprint density at radius 3 is 3.04 bits per heavy atom. The highest BCUT2D eigenvalue weighted by Gasteiger charge is 2.14. The first-order chi connectivity index (χ1) is 11.3. The highest BCUT2D eigenvalue weighted by Crippen LogP contribution is 2.20. The summed E-state index contributed by atoms with van der Waals surface area (Å²) in [5.41, 5.74) is 5.83. The minimum Gasteiger partial charge on any atom is -0.392 e. The van der Waals surface area contributed by atoms with Gasteiger partial charge in [0.2, 0.25) is 0 Å². The van der Waals surface area contributed by atoms with Gasteiger partial charge in [0.25, 0.3) is 0 Å². The van der Waals surface area contributed by atoms with Gasteiger partial charge < -0.3 is 20.2 Å². The summed E-state index contributed by atoms with van der Waals surface area (Å²) < 4.78 is 1.99. The predicted molar refractivity (Wildman–Crippen MR) is 87.9 cm³/mol. The van der Waals surface area contributed by atoms with E-state index < -0.39 is 0 Å². The van der Waals surface area contributed by atoms with E-state index in [0.717, 1.165) is 17.8 Å². The lowest BCUT2D eigenvalue weighted by molar-refractivity contribution is 0.282. The van der Waals surface area contributed by atoms with Gasteiger partial charge in [-0.15, -0.1) is 0 Å². The second-order valence-corrected chi connectivity index (χ2v) is 5.43. The Kier molecular flexibility index (Phi) is 3.39. The number of aromatic nitrogens is 3. The van der Waals surface area contributed by atoms with Crippen LogP contribution < -0.4 is 10.7 Å². The molecule has 4 rings (SSSR count). The normalized spacial score (nSPS) is 16.7. The van der Waals surface area contributed by atoms with Crippen LogP contribution in [0.5, 0.6) is 0 Å². The quantitative estimate of drug-likeness (QED) is 0.682. The molecule has 0 spiro atoms. The molecular formula is C16H16N6O. The average Bonchev–Trinajstić information content (AvgIpc) is 3.23. The molecule has 23 heavy (non-hydrogen) atoms. The van der Waals surface area contributed by atoms with E-state index >= 15 is 0 Å². The maximum atomic E-state index is 9.19. The Morgan fingerprint density at radius 1 is 1.26 bits per heavy atom. The Hall–Kier alpha value is -2.93. The Balaban J connectivity index is 1.61. The minimum absolute atomic E-state index is 0.0112. The van der Waals surface area contributed by atoms with Crippen molar-refractivity contribution < 1.29 is 5.11 Å². The summed E-state index contributed by atoms with van der Waals surface area (Å²) in [6.07, 6.45) is 7.57. The van der Waals surface area contributed by atoms with Gasteiger partial charge in [-0.1, -0.05) is 6.07 Å². The first-order valence-electron chi connectivity index (χ1n) is 7.39. The maximum Gasteiger partial charge on any atom is 0.150 e. The zero-order valence-electron chi connectivity index (χ0n) is 12.3. The number of nitrogens with zero attached hydrogens (tertiary/aromatic N) is 4. The van der Waals surface area contributed by atoms with Gasteiger partial charge in [-0.2, -0.15) is 5.10 Å². The van der Waals surface area contributed by atoms with Crippen LogP contribution in [0.15, 0.2) is 48.0 Å². The van der Waals surface area contributed by atoms with Crippen molar-refractivity contribution in [1.82, 2.24) is 19.8 Å². The SMILES string of the molecule is OCc1ccnc(Nc2cn3cc(C4C=NNC4)ccc3n2)c1. The lowest BCUT2D eigenvalue weighted by atomic mass is 10.0. The second-order valence-electron chi connectivity index (χ2n) is 5.43. The fourth-order valence-corrected chi connectivity index (χ4v) is 2.61. The van der Waals surface area contributed by atoms with Gasteiger partial charge in [-0.05, 0) is 29.3 Å². The topological polar surface area (TPSA) is 86.8 Å². The fourth-order valence-electron chi connectivity index (χ4n) is 2.61. The number of hydrogen-bond acceptors (Lipinski definition) is 6. The molecule has 4 heterocycles. The number of pyridine rings is 2. The Labute approximate surface area is 132 Å². The van der Waals surface area contributed by atoms with E-state index in [2.05, 4.69) is 38.1 Å². The summed E-state index contributed by atoms with van der Waals surface area (Å²) in [6.45, 7) is 0.811. The van der Waals surface area contributed by atoms with E-state index in [1.807, 2.05) is 22.9 Å². The molecule has 0 radical (unpaired) electrons. The van der Waals surface area contributed by atoms with E-state index in [0.29, 0.717) is 17.6 Å². The van der Waals surface area contributed by atoms with Crippen LogP contribution in [0.1, 0.15) is 17.0 Å². The number of rotatable bonds is 4. The van der Waals surface area contributed by atoms with Crippen molar-refractivity contribution in [3.05, 3.63) is 54.0 Å². The van der Waals surface area contributed by atoms with E-state index in [4.69, 9.17) is 0 Å². The molecule has 116 valence electrons. The number of hydrogen-bond donors (Lipinski definition) is 3. The molecule has 3 aromatic rings. The van der Waals surface area contributed by atoms with Crippen molar-refractivity contribution in [2.45, 2.75) is 12.5 Å². The molecule has 3 aromatic heterocycles. The smallest absolute Gasteiger partial charge is 0.150 e. The van der Waals surface area contributed by atoms with Crippen molar-refractivity contribution in [2.24, 2.45) is 5.10 Å². The van der Waals surface area contributed by atoms with Crippen LogP contribution in [-0.2, 0) is 6.61 Å². The van der Waals surface area contributed by atoms with Crippen molar-refractivity contribution in [1.29, 1.82) is 0 Å². The highest BCUT2D eigenvalue weighted by atomic mass is 16.3. The lowest BCUT2D eigenvalue weighted by Gasteiger charge is -2.06. The molecule has 1 unspecified atom stereocenters. The van der Waals surface area contributed by atoms with Crippen LogP contribution in [0.2, 0.25) is 0 Å². The molecule has 0 aliphatic carbocycles. The molecule has 0 saturated carbocycles. The van der Waals surface area contributed by atoms with E-state index in [1.165, 1.54) is 5.56 Å². The molecule has 1 aliphatic heterocycles. The van der Waals surface area contributed by atoms with Crippen LogP contribution in [0.3, 0.4) is 0 Å². The first-order valence-corrected chi connectivity index (χ1v) is 7.39. The molecule has 1 aliphatic rings. The van der Waals surface area contributed by atoms with Crippen molar-refractivity contribution in [2.75, 3.05) is 11.9 Å². The summed E-state index contributed by atoms with van der Waals surface area (Å²) >= 11 is 0.